The van der Waals surface area contributed by atoms with Gasteiger partial charge in [-0.3, -0.25) is 4.79 Å². The van der Waals surface area contributed by atoms with Crippen LogP contribution in [0.5, 0.6) is 0 Å². The summed E-state index contributed by atoms with van der Waals surface area (Å²) >= 11 is 0. The normalized spacial score (nSPS) is 11.7. The van der Waals surface area contributed by atoms with E-state index in [-0.39, 0.29) is 5.91 Å². The Balaban J connectivity index is 3.45. The molecule has 1 N–H and O–H groups in total. The molecule has 0 rings (SSSR count). The van der Waals surface area contributed by atoms with Gasteiger partial charge in [0.2, 0.25) is 5.91 Å². The molecule has 0 spiro atoms. The lowest BCUT2D eigenvalue weighted by Crippen LogP contribution is -2.25. The number of carbonyl (C=O) groups excluding carboxylic acids is 1. The van der Waals surface area contributed by atoms with Crippen molar-refractivity contribution >= 4 is 5.91 Å². The zero-order chi connectivity index (χ0) is 10.8. The first-order valence-electron chi connectivity index (χ1n) is 4.88. The van der Waals surface area contributed by atoms with E-state index >= 15 is 0 Å². The van der Waals surface area contributed by atoms with E-state index in [2.05, 4.69) is 10.2 Å². The second-order valence-electron chi connectivity index (χ2n) is 3.33. The molecule has 0 fully saturated rings. The third-order valence-corrected chi connectivity index (χ3v) is 1.63. The summed E-state index contributed by atoms with van der Waals surface area (Å²) in [5.41, 5.74) is 0. The molecule has 3 heteroatoms. The van der Waals surface area contributed by atoms with Crippen LogP contribution in [0.3, 0.4) is 0 Å². The van der Waals surface area contributed by atoms with Crippen molar-refractivity contribution in [2.45, 2.75) is 13.3 Å². The van der Waals surface area contributed by atoms with Crippen LogP contribution in [0.1, 0.15) is 13.3 Å². The van der Waals surface area contributed by atoms with Gasteiger partial charge in [0.25, 0.3) is 0 Å². The van der Waals surface area contributed by atoms with E-state index in [0.717, 1.165) is 19.5 Å². The number of allylic oxidation sites excluding steroid dienone is 3. The van der Waals surface area contributed by atoms with Gasteiger partial charge in [0.15, 0.2) is 0 Å². The summed E-state index contributed by atoms with van der Waals surface area (Å²) in [7, 11) is 4.04. The lowest BCUT2D eigenvalue weighted by molar-refractivity contribution is -0.116. The molecule has 1 amide bonds. The number of nitrogens with one attached hydrogen (secondary N) is 1. The van der Waals surface area contributed by atoms with Gasteiger partial charge in [-0.25, -0.2) is 0 Å². The minimum absolute atomic E-state index is 0.0261. The molecule has 0 aromatic carbocycles. The summed E-state index contributed by atoms with van der Waals surface area (Å²) in [6.07, 6.45) is 7.97. The summed E-state index contributed by atoms with van der Waals surface area (Å²) in [5, 5.41) is 2.81. The third-order valence-electron chi connectivity index (χ3n) is 1.63. The molecule has 0 aliphatic carbocycles. The molecule has 0 saturated carbocycles. The highest BCUT2D eigenvalue weighted by molar-refractivity contribution is 5.87. The number of hydrogen-bond donors (Lipinski definition) is 1. The quantitative estimate of drug-likeness (QED) is 0.393. The van der Waals surface area contributed by atoms with Crippen LogP contribution in [0.25, 0.3) is 0 Å². The maximum atomic E-state index is 11.1. The van der Waals surface area contributed by atoms with Crippen LogP contribution >= 0.6 is 0 Å². The smallest absolute Gasteiger partial charge is 0.243 e. The molecule has 3 nitrogen and oxygen atoms in total. The molecule has 0 aromatic rings. The Morgan fingerprint density at radius 2 is 2.07 bits per heavy atom. The van der Waals surface area contributed by atoms with Gasteiger partial charge in [0.05, 0.1) is 0 Å². The fourth-order valence-corrected chi connectivity index (χ4v) is 0.920. The number of hydrogen-bond acceptors (Lipinski definition) is 2. The Hall–Kier alpha value is -1.09. The van der Waals surface area contributed by atoms with Crippen LogP contribution in [-0.2, 0) is 4.79 Å². The van der Waals surface area contributed by atoms with Crippen molar-refractivity contribution < 1.29 is 4.79 Å². The summed E-state index contributed by atoms with van der Waals surface area (Å²) in [4.78, 5) is 13.2. The van der Waals surface area contributed by atoms with Crippen molar-refractivity contribution in [3.63, 3.8) is 0 Å². The monoisotopic (exact) mass is 196 g/mol. The molecule has 0 radical (unpaired) electrons. The van der Waals surface area contributed by atoms with Gasteiger partial charge in [0, 0.05) is 12.6 Å². The minimum atomic E-state index is -0.0261. The van der Waals surface area contributed by atoms with E-state index in [9.17, 15) is 4.79 Å². The first-order valence-corrected chi connectivity index (χ1v) is 4.88. The number of amides is 1. The van der Waals surface area contributed by atoms with Crippen LogP contribution in [0, 0.1) is 0 Å². The van der Waals surface area contributed by atoms with Gasteiger partial charge in [0.1, 0.15) is 0 Å². The van der Waals surface area contributed by atoms with E-state index in [1.165, 1.54) is 6.08 Å². The molecular formula is C11H20N2O. The zero-order valence-electron chi connectivity index (χ0n) is 9.29. The molecular weight excluding hydrogens is 176 g/mol. The predicted octanol–water partition coefficient (Wildman–Crippen LogP) is 1.19. The second kappa shape index (κ2) is 8.51. The van der Waals surface area contributed by atoms with E-state index in [1.54, 1.807) is 6.08 Å². The fraction of sp³-hybridized carbons (Fsp3) is 0.545. The number of nitrogens with zero attached hydrogens (tertiary/aromatic N) is 1. The highest BCUT2D eigenvalue weighted by Gasteiger charge is 1.93. The molecule has 0 atom stereocenters. The molecule has 0 bridgehead atoms. The highest BCUT2D eigenvalue weighted by Crippen LogP contribution is 1.82. The molecule has 0 heterocycles. The van der Waals surface area contributed by atoms with Crippen LogP contribution < -0.4 is 5.32 Å². The summed E-state index contributed by atoms with van der Waals surface area (Å²) in [6, 6.07) is 0. The Morgan fingerprint density at radius 1 is 1.36 bits per heavy atom. The second-order valence-corrected chi connectivity index (χ2v) is 3.33. The lowest BCUT2D eigenvalue weighted by Gasteiger charge is -2.08. The molecule has 0 saturated heterocycles. The van der Waals surface area contributed by atoms with Gasteiger partial charge < -0.3 is 10.2 Å². The van der Waals surface area contributed by atoms with Crippen molar-refractivity contribution in [2.75, 3.05) is 27.2 Å². The minimum Gasteiger partial charge on any atom is -0.353 e. The van der Waals surface area contributed by atoms with Gasteiger partial charge in [-0.05, 0) is 34.0 Å². The number of rotatable bonds is 6. The first kappa shape index (κ1) is 12.9. The van der Waals surface area contributed by atoms with Crippen LogP contribution in [-0.4, -0.2) is 38.0 Å². The van der Waals surface area contributed by atoms with Crippen molar-refractivity contribution in [2.24, 2.45) is 0 Å². The predicted molar refractivity (Wildman–Crippen MR) is 60.1 cm³/mol. The maximum absolute atomic E-state index is 11.1. The van der Waals surface area contributed by atoms with Crippen molar-refractivity contribution in [1.29, 1.82) is 0 Å². The van der Waals surface area contributed by atoms with E-state index in [4.69, 9.17) is 0 Å². The summed E-state index contributed by atoms with van der Waals surface area (Å²) < 4.78 is 0. The Bertz CT molecular complexity index is 207. The number of carbonyl (C=O) groups is 1. The van der Waals surface area contributed by atoms with Gasteiger partial charge >= 0.3 is 0 Å². The highest BCUT2D eigenvalue weighted by atomic mass is 16.1. The van der Waals surface area contributed by atoms with Gasteiger partial charge in [-0.2, -0.15) is 0 Å². The third kappa shape index (κ3) is 9.00. The average molecular weight is 196 g/mol. The van der Waals surface area contributed by atoms with Crippen LogP contribution in [0.2, 0.25) is 0 Å². The molecule has 0 unspecified atom stereocenters. The van der Waals surface area contributed by atoms with E-state index in [0.29, 0.717) is 0 Å². The fourth-order valence-electron chi connectivity index (χ4n) is 0.920. The zero-order valence-corrected chi connectivity index (χ0v) is 9.29. The molecule has 0 aliphatic rings. The molecule has 80 valence electrons. The maximum Gasteiger partial charge on any atom is 0.243 e. The topological polar surface area (TPSA) is 32.3 Å². The summed E-state index contributed by atoms with van der Waals surface area (Å²) in [5.74, 6) is -0.0261. The summed E-state index contributed by atoms with van der Waals surface area (Å²) in [6.45, 7) is 3.65. The average Bonchev–Trinajstić information content (AvgIpc) is 2.13. The first-order chi connectivity index (χ1) is 6.66. The van der Waals surface area contributed by atoms with Crippen molar-refractivity contribution in [3.8, 4) is 0 Å². The SMILES string of the molecule is C/C=C/C=C/C(=O)NCCCN(C)C. The van der Waals surface area contributed by atoms with Crippen LogP contribution in [0.15, 0.2) is 24.3 Å². The molecule has 0 aliphatic heterocycles. The Kier molecular flexibility index (Phi) is 7.84. The van der Waals surface area contributed by atoms with Gasteiger partial charge in [-0.15, -0.1) is 0 Å². The largest absolute Gasteiger partial charge is 0.353 e. The van der Waals surface area contributed by atoms with Crippen LogP contribution in [0.4, 0.5) is 0 Å². The van der Waals surface area contributed by atoms with E-state index < -0.39 is 0 Å². The molecule has 0 aromatic heterocycles. The molecule has 14 heavy (non-hydrogen) atoms. The van der Waals surface area contributed by atoms with Crippen molar-refractivity contribution in [1.82, 2.24) is 10.2 Å². The van der Waals surface area contributed by atoms with E-state index in [1.807, 2.05) is 33.2 Å². The standard InChI is InChI=1S/C11H20N2O/c1-4-5-6-8-11(14)12-9-7-10-13(2)3/h4-6,8H,7,9-10H2,1-3H3,(H,12,14)/b5-4+,8-6+. The Morgan fingerprint density at radius 3 is 2.64 bits per heavy atom. The van der Waals surface area contributed by atoms with Gasteiger partial charge in [-0.1, -0.05) is 18.2 Å². The van der Waals surface area contributed by atoms with Crippen molar-refractivity contribution in [3.05, 3.63) is 24.3 Å². The lowest BCUT2D eigenvalue weighted by atomic mass is 10.4. The Labute approximate surface area is 86.5 Å².